The number of phosphoric ester groups is 2. The van der Waals surface area contributed by atoms with Crippen LogP contribution in [-0.4, -0.2) is 95.9 Å². The molecule has 0 aliphatic carbocycles. The van der Waals surface area contributed by atoms with Gasteiger partial charge in [-0.05, 0) is 154 Å². The Balaban J connectivity index is 4.67. The zero-order valence-electron chi connectivity index (χ0n) is 69.8. The first-order valence-corrected chi connectivity index (χ1v) is 46.8. The predicted octanol–water partition coefficient (Wildman–Crippen LogP) is 26.5. The average molecular weight is 1590 g/mol. The molecule has 0 aliphatic heterocycles. The lowest BCUT2D eigenvalue weighted by Crippen LogP contribution is -2.30. The monoisotopic (exact) mass is 1590 g/mol. The van der Waals surface area contributed by atoms with Crippen molar-refractivity contribution in [3.63, 3.8) is 0 Å². The first kappa shape index (κ1) is 106. The summed E-state index contributed by atoms with van der Waals surface area (Å²) in [5, 5.41) is 20.7. The maximum atomic E-state index is 13.0. The van der Waals surface area contributed by atoms with Crippen molar-refractivity contribution >= 4 is 33.6 Å². The van der Waals surface area contributed by atoms with Gasteiger partial charge in [-0.3, -0.25) is 32.5 Å². The van der Waals surface area contributed by atoms with Crippen molar-refractivity contribution in [3.05, 3.63) is 158 Å². The second kappa shape index (κ2) is 84.6. The van der Waals surface area contributed by atoms with Crippen LogP contribution in [0.4, 0.5) is 0 Å². The summed E-state index contributed by atoms with van der Waals surface area (Å²) in [5.41, 5.74) is 0. The molecular weight excluding hydrogens is 1430 g/mol. The molecule has 0 bridgehead atoms. The van der Waals surface area contributed by atoms with Crippen LogP contribution < -0.4 is 0 Å². The van der Waals surface area contributed by atoms with Crippen LogP contribution in [-0.2, 0) is 55.8 Å². The molecule has 18 heteroatoms. The number of phosphoric acid groups is 2. The quantitative estimate of drug-likeness (QED) is 0.0146. The van der Waals surface area contributed by atoms with Crippen LogP contribution >= 0.6 is 15.6 Å². The van der Waals surface area contributed by atoms with E-state index in [0.29, 0.717) is 19.3 Å². The van der Waals surface area contributed by atoms with Gasteiger partial charge in [0.05, 0.1) is 26.4 Å². The molecule has 636 valence electrons. The summed E-state index contributed by atoms with van der Waals surface area (Å²) in [6, 6.07) is 0. The van der Waals surface area contributed by atoms with Crippen molar-refractivity contribution in [2.45, 2.75) is 373 Å². The fourth-order valence-electron chi connectivity index (χ4n) is 11.6. The van der Waals surface area contributed by atoms with E-state index in [1.54, 1.807) is 0 Å². The Labute approximate surface area is 676 Å². The highest BCUT2D eigenvalue weighted by Gasteiger charge is 2.29. The Kier molecular flexibility index (Phi) is 80.9. The van der Waals surface area contributed by atoms with E-state index in [4.69, 9.17) is 32.3 Å². The fraction of sp³-hybridized carbons (Fsp3) is 0.688. The third-order valence-electron chi connectivity index (χ3n) is 18.2. The Bertz CT molecular complexity index is 2650. The van der Waals surface area contributed by atoms with E-state index in [-0.39, 0.29) is 19.3 Å². The van der Waals surface area contributed by atoms with E-state index in [1.165, 1.54) is 135 Å². The average Bonchev–Trinajstić information content (AvgIpc) is 0.901. The van der Waals surface area contributed by atoms with Gasteiger partial charge in [0, 0.05) is 19.3 Å². The molecule has 0 radical (unpaired) electrons. The summed E-state index contributed by atoms with van der Waals surface area (Å²) in [6.45, 7) is 2.51. The van der Waals surface area contributed by atoms with Gasteiger partial charge in [-0.25, -0.2) is 9.13 Å². The molecule has 0 rings (SSSR count). The molecule has 0 amide bonds. The van der Waals surface area contributed by atoms with Crippen molar-refractivity contribution in [3.8, 4) is 0 Å². The zero-order valence-corrected chi connectivity index (χ0v) is 71.6. The van der Waals surface area contributed by atoms with Gasteiger partial charge >= 0.3 is 33.6 Å². The van der Waals surface area contributed by atoms with E-state index in [1.807, 2.05) is 0 Å². The summed E-state index contributed by atoms with van der Waals surface area (Å²) in [5.74, 6) is -1.60. The van der Waals surface area contributed by atoms with Crippen LogP contribution in [0.1, 0.15) is 355 Å². The molecule has 111 heavy (non-hydrogen) atoms. The highest BCUT2D eigenvalue weighted by Crippen LogP contribution is 2.45. The van der Waals surface area contributed by atoms with E-state index in [2.05, 4.69) is 179 Å². The van der Waals surface area contributed by atoms with Crippen molar-refractivity contribution in [1.29, 1.82) is 0 Å². The summed E-state index contributed by atoms with van der Waals surface area (Å²) in [7, 11) is -9.82. The molecule has 0 aromatic carbocycles. The number of carbonyl (C=O) groups excluding carboxylic acids is 3. The minimum absolute atomic E-state index is 0.0772. The van der Waals surface area contributed by atoms with Gasteiger partial charge < -0.3 is 34.2 Å². The van der Waals surface area contributed by atoms with Gasteiger partial charge in [0.2, 0.25) is 0 Å². The summed E-state index contributed by atoms with van der Waals surface area (Å²) < 4.78 is 61.4. The standard InChI is InChI=1S/C93H158O16P2/c1-4-7-10-13-16-19-22-25-28-31-34-37-39-41-43-45-47-50-52-55-58-61-64-67-70-73-76-79-91(96)103-82-88(94)83-105-110(99,100)106-84-89(95)85-107-111(101,102)108-87-90(109-93(98)81-78-75-72-69-66-63-60-57-54-49-36-33-30-27-24-21-18-15-12-9-6-3)86-104-92(97)80-77-74-71-68-65-62-59-56-53-51-48-46-44-42-40-38-35-32-29-26-23-20-17-14-11-8-5-2/h9,12,16-21,25-30,34-38,41-44,49,57,60,88-90,94-95H,4-8,10-11,13-15,22-24,31-33,39-40,45-48,50-56,58-59,61-87H2,1-3H3,(H,99,100)(H,101,102)/b12-9-,19-16-,20-17-,21-18-,28-25-,29-26-,30-27-,37-34-,38-35-,43-41-,44-42-,49-36-,60-57-. The van der Waals surface area contributed by atoms with Gasteiger partial charge in [-0.1, -0.05) is 339 Å². The molecular formula is C93H158O16P2. The Hall–Kier alpha value is -4.83. The normalized spacial score (nSPS) is 14.6. The largest absolute Gasteiger partial charge is 0.472 e. The van der Waals surface area contributed by atoms with Crippen LogP contribution in [0, 0.1) is 0 Å². The topological polar surface area (TPSA) is 231 Å². The predicted molar refractivity (Wildman–Crippen MR) is 463 cm³/mol. The molecule has 4 N–H and O–H groups in total. The molecule has 5 unspecified atom stereocenters. The maximum Gasteiger partial charge on any atom is 0.472 e. The van der Waals surface area contributed by atoms with E-state index >= 15 is 0 Å². The number of aliphatic hydroxyl groups excluding tert-OH is 2. The SMILES string of the molecule is CC/C=C\C/C=C\C/C=C\C/C=C\C/C=C\CCCCCCCC(=O)OC(COC(=O)CCCCCCCCCCCCC/C=C\C/C=C\C/C=C\C/C=C\CCCCC)COP(=O)(O)OCC(O)COP(=O)(O)OCC(O)COC(=O)CCCCCCCCCCCCC/C=C\C/C=C\C/C=C\C/C=C\CCCCC. The van der Waals surface area contributed by atoms with Crippen LogP contribution in [0.3, 0.4) is 0 Å². The molecule has 0 fully saturated rings. The lowest BCUT2D eigenvalue weighted by molar-refractivity contribution is -0.161. The smallest absolute Gasteiger partial charge is 0.463 e. The van der Waals surface area contributed by atoms with E-state index < -0.39 is 91.5 Å². The van der Waals surface area contributed by atoms with Crippen molar-refractivity contribution in [2.75, 3.05) is 39.6 Å². The summed E-state index contributed by atoms with van der Waals surface area (Å²) >= 11 is 0. The lowest BCUT2D eigenvalue weighted by atomic mass is 10.0. The maximum absolute atomic E-state index is 13.0. The number of aliphatic hydroxyl groups is 2. The second-order valence-corrected chi connectivity index (χ2v) is 31.9. The van der Waals surface area contributed by atoms with Crippen LogP contribution in [0.25, 0.3) is 0 Å². The molecule has 0 aliphatic rings. The van der Waals surface area contributed by atoms with Crippen LogP contribution in [0.2, 0.25) is 0 Å². The van der Waals surface area contributed by atoms with E-state index in [0.717, 1.165) is 161 Å². The molecule has 16 nitrogen and oxygen atoms in total. The molecule has 0 saturated carbocycles. The first-order chi connectivity index (χ1) is 54.2. The minimum atomic E-state index is -4.95. The van der Waals surface area contributed by atoms with Gasteiger partial charge in [0.15, 0.2) is 6.10 Å². The van der Waals surface area contributed by atoms with Crippen LogP contribution in [0.15, 0.2) is 158 Å². The number of esters is 3. The van der Waals surface area contributed by atoms with Gasteiger partial charge in [-0.2, -0.15) is 0 Å². The third-order valence-corrected chi connectivity index (χ3v) is 20.1. The highest BCUT2D eigenvalue weighted by atomic mass is 31.2. The number of unbranched alkanes of at least 4 members (excludes halogenated alkanes) is 33. The zero-order chi connectivity index (χ0) is 80.8. The molecule has 0 aromatic heterocycles. The number of rotatable bonds is 82. The van der Waals surface area contributed by atoms with Gasteiger partial charge in [0.1, 0.15) is 25.4 Å². The summed E-state index contributed by atoms with van der Waals surface area (Å²) in [6.07, 6.45) is 107. The van der Waals surface area contributed by atoms with Crippen molar-refractivity contribution in [2.24, 2.45) is 0 Å². The van der Waals surface area contributed by atoms with Gasteiger partial charge in [-0.15, -0.1) is 0 Å². The minimum Gasteiger partial charge on any atom is -0.463 e. The Morgan fingerprint density at radius 3 is 0.757 bits per heavy atom. The summed E-state index contributed by atoms with van der Waals surface area (Å²) in [4.78, 5) is 58.9. The molecule has 0 aromatic rings. The Morgan fingerprint density at radius 1 is 0.261 bits per heavy atom. The number of carbonyl (C=O) groups is 3. The first-order valence-electron chi connectivity index (χ1n) is 43.8. The highest BCUT2D eigenvalue weighted by molar-refractivity contribution is 7.47. The molecule has 0 heterocycles. The fourth-order valence-corrected chi connectivity index (χ4v) is 13.2. The third kappa shape index (κ3) is 85.9. The number of hydrogen-bond donors (Lipinski definition) is 4. The number of hydrogen-bond acceptors (Lipinski definition) is 14. The van der Waals surface area contributed by atoms with E-state index in [9.17, 15) is 43.5 Å². The lowest BCUT2D eigenvalue weighted by Gasteiger charge is -2.21. The van der Waals surface area contributed by atoms with Gasteiger partial charge in [0.25, 0.3) is 0 Å². The number of ether oxygens (including phenoxy) is 3. The molecule has 5 atom stereocenters. The Morgan fingerprint density at radius 2 is 0.477 bits per heavy atom. The molecule has 0 saturated heterocycles. The second-order valence-electron chi connectivity index (χ2n) is 29.0. The van der Waals surface area contributed by atoms with Crippen molar-refractivity contribution in [1.82, 2.24) is 0 Å². The van der Waals surface area contributed by atoms with Crippen LogP contribution in [0.5, 0.6) is 0 Å². The number of allylic oxidation sites excluding steroid dienone is 26. The van der Waals surface area contributed by atoms with Crippen molar-refractivity contribution < 1.29 is 75.8 Å². The molecule has 0 spiro atoms.